The highest BCUT2D eigenvalue weighted by Gasteiger charge is 2.19. The standard InChI is InChI=1S/C21H28N2O4/c1-14-7-9-15(10-8-14)17(23(2)3)13-22-21(24)16-11-18(25-4)20(27-6)19(12-16)26-5/h7-12,17H,13H2,1-6H3,(H,22,24). The average Bonchev–Trinajstić information content (AvgIpc) is 2.67. The molecule has 0 saturated carbocycles. The van der Waals surface area contributed by atoms with Gasteiger partial charge in [-0.05, 0) is 38.7 Å². The van der Waals surface area contributed by atoms with E-state index in [1.54, 1.807) is 12.1 Å². The van der Waals surface area contributed by atoms with Crippen molar-refractivity contribution in [1.29, 1.82) is 0 Å². The minimum absolute atomic E-state index is 0.0663. The highest BCUT2D eigenvalue weighted by Crippen LogP contribution is 2.38. The van der Waals surface area contributed by atoms with Gasteiger partial charge in [-0.25, -0.2) is 0 Å². The Bertz CT molecular complexity index is 747. The number of aryl methyl sites for hydroxylation is 1. The lowest BCUT2D eigenvalue weighted by Gasteiger charge is -2.25. The van der Waals surface area contributed by atoms with Gasteiger partial charge in [0.1, 0.15) is 0 Å². The van der Waals surface area contributed by atoms with Crippen LogP contribution in [0.15, 0.2) is 36.4 Å². The normalized spacial score (nSPS) is 11.8. The summed E-state index contributed by atoms with van der Waals surface area (Å²) in [6.45, 7) is 2.53. The van der Waals surface area contributed by atoms with Gasteiger partial charge in [-0.15, -0.1) is 0 Å². The first-order valence-electron chi connectivity index (χ1n) is 8.72. The van der Waals surface area contributed by atoms with E-state index in [0.29, 0.717) is 29.4 Å². The summed E-state index contributed by atoms with van der Waals surface area (Å²) in [5, 5.41) is 3.00. The second-order valence-electron chi connectivity index (χ2n) is 6.51. The van der Waals surface area contributed by atoms with Gasteiger partial charge in [0.15, 0.2) is 11.5 Å². The molecule has 0 spiro atoms. The number of carbonyl (C=O) groups is 1. The molecule has 146 valence electrons. The Hall–Kier alpha value is -2.73. The maximum absolute atomic E-state index is 12.7. The number of hydrogen-bond acceptors (Lipinski definition) is 5. The van der Waals surface area contributed by atoms with Crippen molar-refractivity contribution in [2.45, 2.75) is 13.0 Å². The van der Waals surface area contributed by atoms with Crippen LogP contribution < -0.4 is 19.5 Å². The van der Waals surface area contributed by atoms with Crippen LogP contribution in [0, 0.1) is 6.92 Å². The Kier molecular flexibility index (Phi) is 7.07. The molecule has 1 N–H and O–H groups in total. The summed E-state index contributed by atoms with van der Waals surface area (Å²) in [6, 6.07) is 11.7. The zero-order valence-electron chi connectivity index (χ0n) is 16.8. The van der Waals surface area contributed by atoms with Crippen molar-refractivity contribution in [2.75, 3.05) is 42.0 Å². The Morgan fingerprint density at radius 3 is 2.00 bits per heavy atom. The van der Waals surface area contributed by atoms with Gasteiger partial charge in [0.2, 0.25) is 5.75 Å². The molecule has 0 aromatic heterocycles. The molecule has 2 rings (SSSR count). The number of amides is 1. The summed E-state index contributed by atoms with van der Waals surface area (Å²) >= 11 is 0. The predicted octanol–water partition coefficient (Wildman–Crippen LogP) is 3.05. The SMILES string of the molecule is COc1cc(C(=O)NCC(c2ccc(C)cc2)N(C)C)cc(OC)c1OC. The maximum Gasteiger partial charge on any atom is 0.251 e. The number of likely N-dealkylation sites (N-methyl/N-ethyl adjacent to an activating group) is 1. The molecule has 1 amide bonds. The van der Waals surface area contributed by atoms with Gasteiger partial charge in [0.25, 0.3) is 5.91 Å². The quantitative estimate of drug-likeness (QED) is 0.772. The zero-order valence-corrected chi connectivity index (χ0v) is 16.8. The number of ether oxygens (including phenoxy) is 3. The van der Waals surface area contributed by atoms with Gasteiger partial charge >= 0.3 is 0 Å². The molecule has 0 radical (unpaired) electrons. The Morgan fingerprint density at radius 1 is 1.00 bits per heavy atom. The van der Waals surface area contributed by atoms with Crippen LogP contribution in [0.2, 0.25) is 0 Å². The Balaban J connectivity index is 2.19. The molecule has 0 aliphatic heterocycles. The summed E-state index contributed by atoms with van der Waals surface area (Å²) in [6.07, 6.45) is 0. The molecule has 2 aromatic carbocycles. The first-order chi connectivity index (χ1) is 12.9. The lowest BCUT2D eigenvalue weighted by atomic mass is 10.0. The summed E-state index contributed by atoms with van der Waals surface area (Å²) in [5.41, 5.74) is 2.81. The average molecular weight is 372 g/mol. The lowest BCUT2D eigenvalue weighted by Crippen LogP contribution is -2.34. The number of hydrogen-bond donors (Lipinski definition) is 1. The van der Waals surface area contributed by atoms with Gasteiger partial charge in [-0.2, -0.15) is 0 Å². The molecule has 27 heavy (non-hydrogen) atoms. The summed E-state index contributed by atoms with van der Waals surface area (Å²) < 4.78 is 15.9. The molecule has 6 heteroatoms. The molecule has 1 atom stereocenters. The van der Waals surface area contributed by atoms with Crippen LogP contribution in [0.3, 0.4) is 0 Å². The van der Waals surface area contributed by atoms with Gasteiger partial charge in [-0.1, -0.05) is 29.8 Å². The van der Waals surface area contributed by atoms with Gasteiger partial charge < -0.3 is 24.4 Å². The van der Waals surface area contributed by atoms with Crippen molar-refractivity contribution in [2.24, 2.45) is 0 Å². The third-order valence-electron chi connectivity index (χ3n) is 4.47. The number of methoxy groups -OCH3 is 3. The molecule has 0 aliphatic rings. The van der Waals surface area contributed by atoms with E-state index in [9.17, 15) is 4.79 Å². The van der Waals surface area contributed by atoms with Crippen LogP contribution in [0.4, 0.5) is 0 Å². The summed E-state index contributed by atoms with van der Waals surface area (Å²) in [5.74, 6) is 1.16. The molecule has 0 bridgehead atoms. The lowest BCUT2D eigenvalue weighted by molar-refractivity contribution is 0.0941. The Labute approximate surface area is 161 Å². The monoisotopic (exact) mass is 372 g/mol. The molecular formula is C21H28N2O4. The van der Waals surface area contributed by atoms with Gasteiger partial charge in [0, 0.05) is 12.1 Å². The molecule has 0 aliphatic carbocycles. The molecule has 2 aromatic rings. The van der Waals surface area contributed by atoms with E-state index in [-0.39, 0.29) is 11.9 Å². The van der Waals surface area contributed by atoms with Crippen molar-refractivity contribution in [3.05, 3.63) is 53.1 Å². The Morgan fingerprint density at radius 2 is 1.56 bits per heavy atom. The van der Waals surface area contributed by atoms with Crippen molar-refractivity contribution in [1.82, 2.24) is 10.2 Å². The van der Waals surface area contributed by atoms with Gasteiger partial charge in [-0.3, -0.25) is 4.79 Å². The number of benzene rings is 2. The maximum atomic E-state index is 12.7. The predicted molar refractivity (Wildman–Crippen MR) is 106 cm³/mol. The van der Waals surface area contributed by atoms with E-state index in [2.05, 4.69) is 41.4 Å². The van der Waals surface area contributed by atoms with Crippen LogP contribution in [-0.2, 0) is 0 Å². The van der Waals surface area contributed by atoms with Crippen LogP contribution in [-0.4, -0.2) is 52.8 Å². The van der Waals surface area contributed by atoms with Crippen LogP contribution in [0.25, 0.3) is 0 Å². The molecule has 0 fully saturated rings. The van der Waals surface area contributed by atoms with E-state index in [1.807, 2.05) is 14.1 Å². The van der Waals surface area contributed by atoms with Crippen LogP contribution in [0.5, 0.6) is 17.2 Å². The highest BCUT2D eigenvalue weighted by molar-refractivity contribution is 5.95. The summed E-state index contributed by atoms with van der Waals surface area (Å²) in [4.78, 5) is 14.8. The van der Waals surface area contributed by atoms with E-state index in [0.717, 1.165) is 5.56 Å². The summed E-state index contributed by atoms with van der Waals surface area (Å²) in [7, 11) is 8.58. The first-order valence-corrected chi connectivity index (χ1v) is 8.72. The molecular weight excluding hydrogens is 344 g/mol. The van der Waals surface area contributed by atoms with Crippen LogP contribution in [0.1, 0.15) is 27.5 Å². The van der Waals surface area contributed by atoms with E-state index in [1.165, 1.54) is 26.9 Å². The second-order valence-corrected chi connectivity index (χ2v) is 6.51. The fourth-order valence-electron chi connectivity index (χ4n) is 2.89. The molecule has 0 heterocycles. The molecule has 1 unspecified atom stereocenters. The zero-order chi connectivity index (χ0) is 20.0. The minimum Gasteiger partial charge on any atom is -0.493 e. The largest absolute Gasteiger partial charge is 0.493 e. The minimum atomic E-state index is -0.201. The number of nitrogens with zero attached hydrogens (tertiary/aromatic N) is 1. The van der Waals surface area contributed by atoms with E-state index < -0.39 is 0 Å². The number of nitrogens with one attached hydrogen (secondary N) is 1. The van der Waals surface area contributed by atoms with Crippen molar-refractivity contribution < 1.29 is 19.0 Å². The third-order valence-corrected chi connectivity index (χ3v) is 4.47. The highest BCUT2D eigenvalue weighted by atomic mass is 16.5. The fraction of sp³-hybridized carbons (Fsp3) is 0.381. The molecule has 6 nitrogen and oxygen atoms in total. The van der Waals surface area contributed by atoms with Crippen molar-refractivity contribution in [3.63, 3.8) is 0 Å². The second kappa shape index (κ2) is 9.28. The first kappa shape index (κ1) is 20.6. The van der Waals surface area contributed by atoms with Crippen molar-refractivity contribution >= 4 is 5.91 Å². The smallest absolute Gasteiger partial charge is 0.251 e. The van der Waals surface area contributed by atoms with E-state index >= 15 is 0 Å². The number of carbonyl (C=O) groups excluding carboxylic acids is 1. The topological polar surface area (TPSA) is 60.0 Å². The molecule has 0 saturated heterocycles. The fourth-order valence-corrected chi connectivity index (χ4v) is 2.89. The number of rotatable bonds is 8. The van der Waals surface area contributed by atoms with E-state index in [4.69, 9.17) is 14.2 Å². The third kappa shape index (κ3) is 4.92. The van der Waals surface area contributed by atoms with Crippen molar-refractivity contribution in [3.8, 4) is 17.2 Å². The van der Waals surface area contributed by atoms with Crippen LogP contribution >= 0.6 is 0 Å². The van der Waals surface area contributed by atoms with Gasteiger partial charge in [0.05, 0.1) is 27.4 Å².